The highest BCUT2D eigenvalue weighted by Gasteiger charge is 2.08. The van der Waals surface area contributed by atoms with Crippen molar-refractivity contribution < 1.29 is 14.3 Å². The number of nitrogens with zero attached hydrogens (tertiary/aromatic N) is 1. The molecule has 0 radical (unpaired) electrons. The maximum Gasteiger partial charge on any atom is 0.255 e. The second kappa shape index (κ2) is 8.88. The first-order valence-electron chi connectivity index (χ1n) is 7.88. The largest absolute Gasteiger partial charge is 0.497 e. The van der Waals surface area contributed by atoms with Crippen molar-refractivity contribution in [3.05, 3.63) is 58.5 Å². The Morgan fingerprint density at radius 1 is 1.17 bits per heavy atom. The van der Waals surface area contributed by atoms with Gasteiger partial charge < -0.3 is 14.8 Å². The second-order valence-electron chi connectivity index (χ2n) is 5.13. The van der Waals surface area contributed by atoms with E-state index in [1.807, 2.05) is 6.92 Å². The summed E-state index contributed by atoms with van der Waals surface area (Å²) < 4.78 is 11.8. The van der Waals surface area contributed by atoms with Gasteiger partial charge in [-0.3, -0.25) is 14.2 Å². The first-order chi connectivity index (χ1) is 11.7. The topological polar surface area (TPSA) is 69.6 Å². The Morgan fingerprint density at radius 2 is 1.92 bits per heavy atom. The minimum absolute atomic E-state index is 0.201. The molecular weight excluding hydrogens is 308 g/mol. The molecule has 1 amide bonds. The Bertz CT molecular complexity index is 723. The van der Waals surface area contributed by atoms with Crippen LogP contribution in [0.4, 0.5) is 0 Å². The summed E-state index contributed by atoms with van der Waals surface area (Å²) >= 11 is 0. The first kappa shape index (κ1) is 17.7. The smallest absolute Gasteiger partial charge is 0.255 e. The fourth-order valence-corrected chi connectivity index (χ4v) is 2.19. The number of benzene rings is 1. The van der Waals surface area contributed by atoms with Crippen molar-refractivity contribution in [2.45, 2.75) is 13.3 Å². The predicted octanol–water partition coefficient (Wildman–Crippen LogP) is 2.00. The molecular formula is C18H22N2O4. The molecule has 0 saturated heterocycles. The van der Waals surface area contributed by atoms with Gasteiger partial charge in [-0.05, 0) is 43.7 Å². The Hall–Kier alpha value is -2.60. The number of ether oxygens (including phenoxy) is 2. The predicted molar refractivity (Wildman–Crippen MR) is 92.0 cm³/mol. The molecule has 0 saturated carbocycles. The van der Waals surface area contributed by atoms with E-state index in [1.165, 1.54) is 16.7 Å². The zero-order valence-corrected chi connectivity index (χ0v) is 14.0. The van der Waals surface area contributed by atoms with E-state index >= 15 is 0 Å². The minimum Gasteiger partial charge on any atom is -0.497 e. The van der Waals surface area contributed by atoms with Crippen LogP contribution in [0.1, 0.15) is 23.7 Å². The molecule has 6 heteroatoms. The van der Waals surface area contributed by atoms with E-state index in [2.05, 4.69) is 5.32 Å². The lowest BCUT2D eigenvalue weighted by molar-refractivity contribution is 0.0943. The third-order valence-corrected chi connectivity index (χ3v) is 3.48. The molecule has 0 aliphatic carbocycles. The fraction of sp³-hybridized carbons (Fsp3) is 0.333. The summed E-state index contributed by atoms with van der Waals surface area (Å²) in [7, 11) is 1.58. The van der Waals surface area contributed by atoms with Gasteiger partial charge in [0.05, 0.1) is 12.7 Å². The van der Waals surface area contributed by atoms with Crippen molar-refractivity contribution in [3.63, 3.8) is 0 Å². The van der Waals surface area contributed by atoms with E-state index in [0.717, 1.165) is 6.42 Å². The minimum atomic E-state index is -0.214. The number of amides is 1. The van der Waals surface area contributed by atoms with Crippen LogP contribution < -0.4 is 15.6 Å². The van der Waals surface area contributed by atoms with Crippen molar-refractivity contribution in [1.29, 1.82) is 0 Å². The summed E-state index contributed by atoms with van der Waals surface area (Å²) in [6.07, 6.45) is 2.29. The van der Waals surface area contributed by atoms with Crippen molar-refractivity contribution in [2.75, 3.05) is 26.9 Å². The molecule has 0 unspecified atom stereocenters. The summed E-state index contributed by atoms with van der Waals surface area (Å²) in [5, 5.41) is 2.82. The van der Waals surface area contributed by atoms with E-state index in [-0.39, 0.29) is 11.5 Å². The maximum atomic E-state index is 12.2. The van der Waals surface area contributed by atoms with Crippen LogP contribution in [0, 0.1) is 0 Å². The van der Waals surface area contributed by atoms with Crippen molar-refractivity contribution >= 4 is 5.91 Å². The normalized spacial score (nSPS) is 10.4. The van der Waals surface area contributed by atoms with Crippen molar-refractivity contribution in [2.24, 2.45) is 0 Å². The summed E-state index contributed by atoms with van der Waals surface area (Å²) in [5.41, 5.74) is 0.904. The van der Waals surface area contributed by atoms with Gasteiger partial charge >= 0.3 is 0 Å². The summed E-state index contributed by atoms with van der Waals surface area (Å²) in [6, 6.07) is 9.98. The molecule has 1 aromatic heterocycles. The Kier molecular flexibility index (Phi) is 6.57. The van der Waals surface area contributed by atoms with Crippen LogP contribution in [0.2, 0.25) is 0 Å². The number of rotatable bonds is 8. The average molecular weight is 330 g/mol. The molecule has 0 bridgehead atoms. The quantitative estimate of drug-likeness (QED) is 0.752. The van der Waals surface area contributed by atoms with Gasteiger partial charge in [0.1, 0.15) is 5.75 Å². The maximum absolute atomic E-state index is 12.2. The number of nitrogens with one attached hydrogen (secondary N) is 1. The molecule has 2 aromatic rings. The highest BCUT2D eigenvalue weighted by molar-refractivity contribution is 5.93. The molecule has 2 rings (SSSR count). The number of carbonyl (C=O) groups excluding carboxylic acids is 1. The molecule has 0 aliphatic rings. The van der Waals surface area contributed by atoms with Gasteiger partial charge in [-0.1, -0.05) is 0 Å². The Morgan fingerprint density at radius 3 is 2.58 bits per heavy atom. The van der Waals surface area contributed by atoms with Crippen molar-refractivity contribution in [1.82, 2.24) is 9.88 Å². The molecule has 0 fully saturated rings. The lowest BCUT2D eigenvalue weighted by atomic mass is 10.2. The van der Waals surface area contributed by atoms with Crippen molar-refractivity contribution in [3.8, 4) is 11.4 Å². The van der Waals surface area contributed by atoms with Crippen LogP contribution in [0.3, 0.4) is 0 Å². The highest BCUT2D eigenvalue weighted by atomic mass is 16.5. The molecule has 1 aromatic carbocycles. The van der Waals surface area contributed by atoms with Crippen LogP contribution in [0.5, 0.6) is 5.75 Å². The lowest BCUT2D eigenvalue weighted by Gasteiger charge is -2.10. The average Bonchev–Trinajstić information content (AvgIpc) is 2.62. The monoisotopic (exact) mass is 330 g/mol. The van der Waals surface area contributed by atoms with Crippen LogP contribution in [0.25, 0.3) is 5.69 Å². The third kappa shape index (κ3) is 4.70. The molecule has 0 aliphatic heterocycles. The molecule has 128 valence electrons. The second-order valence-corrected chi connectivity index (χ2v) is 5.13. The molecule has 0 atom stereocenters. The van der Waals surface area contributed by atoms with Crippen LogP contribution >= 0.6 is 0 Å². The van der Waals surface area contributed by atoms with Crippen LogP contribution in [0.15, 0.2) is 47.4 Å². The van der Waals surface area contributed by atoms with Gasteiger partial charge in [0.15, 0.2) is 0 Å². The van der Waals surface area contributed by atoms with Gasteiger partial charge in [0.25, 0.3) is 11.5 Å². The van der Waals surface area contributed by atoms with E-state index < -0.39 is 0 Å². The fourth-order valence-electron chi connectivity index (χ4n) is 2.19. The molecule has 6 nitrogen and oxygen atoms in total. The number of methoxy groups -OCH3 is 1. The van der Waals surface area contributed by atoms with E-state index in [1.54, 1.807) is 37.6 Å². The summed E-state index contributed by atoms with van der Waals surface area (Å²) in [5.74, 6) is 0.490. The lowest BCUT2D eigenvalue weighted by Crippen LogP contribution is -2.27. The number of aromatic nitrogens is 1. The molecule has 1 heterocycles. The zero-order valence-electron chi connectivity index (χ0n) is 14.0. The molecule has 0 spiro atoms. The van der Waals surface area contributed by atoms with Gasteiger partial charge in [-0.15, -0.1) is 0 Å². The van der Waals surface area contributed by atoms with E-state index in [4.69, 9.17) is 9.47 Å². The van der Waals surface area contributed by atoms with Gasteiger partial charge in [-0.2, -0.15) is 0 Å². The third-order valence-electron chi connectivity index (χ3n) is 3.48. The molecule has 1 N–H and O–H groups in total. The number of hydrogen-bond donors (Lipinski definition) is 1. The first-order valence-corrected chi connectivity index (χ1v) is 7.88. The van der Waals surface area contributed by atoms with Gasteiger partial charge in [-0.25, -0.2) is 0 Å². The standard InChI is InChI=1S/C18H22N2O4/c1-3-24-12-4-11-19-18(22)14-5-10-17(21)20(13-14)15-6-8-16(23-2)9-7-15/h5-10,13H,3-4,11-12H2,1-2H3,(H,19,22). The number of hydrogen-bond acceptors (Lipinski definition) is 4. The number of pyridine rings is 1. The summed E-state index contributed by atoms with van der Waals surface area (Å²) in [6.45, 7) is 3.74. The Balaban J connectivity index is 2.09. The van der Waals surface area contributed by atoms with E-state index in [0.29, 0.717) is 36.8 Å². The SMILES string of the molecule is CCOCCCNC(=O)c1ccc(=O)n(-c2ccc(OC)cc2)c1. The summed E-state index contributed by atoms with van der Waals surface area (Å²) in [4.78, 5) is 24.3. The Labute approximate surface area is 141 Å². The van der Waals surface area contributed by atoms with Crippen LogP contribution in [-0.4, -0.2) is 37.3 Å². The van der Waals surface area contributed by atoms with Gasteiger partial charge in [0, 0.05) is 37.7 Å². The van der Waals surface area contributed by atoms with Crippen LogP contribution in [-0.2, 0) is 4.74 Å². The highest BCUT2D eigenvalue weighted by Crippen LogP contribution is 2.14. The number of carbonyl (C=O) groups is 1. The van der Waals surface area contributed by atoms with E-state index in [9.17, 15) is 9.59 Å². The van der Waals surface area contributed by atoms with Gasteiger partial charge in [0.2, 0.25) is 0 Å². The zero-order chi connectivity index (χ0) is 17.4. The molecule has 24 heavy (non-hydrogen) atoms.